The van der Waals surface area contributed by atoms with Gasteiger partial charge in [-0.3, -0.25) is 20.4 Å². The predicted octanol–water partition coefficient (Wildman–Crippen LogP) is -0.127. The summed E-state index contributed by atoms with van der Waals surface area (Å²) >= 11 is 1.42. The number of nitrogens with one attached hydrogen (secondary N) is 2. The fourth-order valence-corrected chi connectivity index (χ4v) is 1.76. The van der Waals surface area contributed by atoms with Crippen molar-refractivity contribution < 1.29 is 9.59 Å². The van der Waals surface area contributed by atoms with Crippen LogP contribution in [0.1, 0.15) is 30.6 Å². The molecule has 6 nitrogen and oxygen atoms in total. The Bertz CT molecular complexity index is 389. The van der Waals surface area contributed by atoms with Gasteiger partial charge in [0.25, 0.3) is 0 Å². The lowest BCUT2D eigenvalue weighted by atomic mass is 10.3. The Kier molecular flexibility index (Phi) is 4.39. The van der Waals surface area contributed by atoms with Crippen LogP contribution >= 0.6 is 11.3 Å². The van der Waals surface area contributed by atoms with Gasteiger partial charge in [-0.05, 0) is 6.92 Å². The average molecular weight is 242 g/mol. The first kappa shape index (κ1) is 12.6. The van der Waals surface area contributed by atoms with E-state index in [-0.39, 0.29) is 24.3 Å². The number of carbonyl (C=O) groups excluding carboxylic acids is 2. The monoisotopic (exact) mass is 242 g/mol. The van der Waals surface area contributed by atoms with Crippen molar-refractivity contribution in [1.82, 2.24) is 15.8 Å². The van der Waals surface area contributed by atoms with Crippen LogP contribution in [0.4, 0.5) is 0 Å². The van der Waals surface area contributed by atoms with Crippen LogP contribution in [0, 0.1) is 0 Å². The van der Waals surface area contributed by atoms with Gasteiger partial charge >= 0.3 is 0 Å². The first-order valence-corrected chi connectivity index (χ1v) is 5.62. The van der Waals surface area contributed by atoms with E-state index in [1.165, 1.54) is 18.3 Å². The molecule has 1 aromatic heterocycles. The molecule has 1 atom stereocenters. The molecule has 0 radical (unpaired) electrons. The molecule has 4 N–H and O–H groups in total. The second-order valence-electron chi connectivity index (χ2n) is 3.37. The summed E-state index contributed by atoms with van der Waals surface area (Å²) in [6, 6.07) is -0.128. The van der Waals surface area contributed by atoms with E-state index in [4.69, 9.17) is 5.73 Å². The molecule has 0 aliphatic carbocycles. The van der Waals surface area contributed by atoms with Crippen LogP contribution in [0.2, 0.25) is 0 Å². The van der Waals surface area contributed by atoms with Crippen molar-refractivity contribution in [3.63, 3.8) is 0 Å². The van der Waals surface area contributed by atoms with Gasteiger partial charge < -0.3 is 5.73 Å². The van der Waals surface area contributed by atoms with Crippen molar-refractivity contribution in [3.8, 4) is 0 Å². The summed E-state index contributed by atoms with van der Waals surface area (Å²) in [7, 11) is 0. The maximum Gasteiger partial charge on any atom is 0.244 e. The third-order valence-corrected chi connectivity index (χ3v) is 2.77. The van der Waals surface area contributed by atoms with Crippen LogP contribution in [0.15, 0.2) is 5.38 Å². The van der Waals surface area contributed by atoms with Crippen LogP contribution in [-0.4, -0.2) is 16.8 Å². The zero-order valence-corrected chi connectivity index (χ0v) is 9.93. The highest BCUT2D eigenvalue weighted by molar-refractivity contribution is 7.09. The Morgan fingerprint density at radius 1 is 1.56 bits per heavy atom. The highest BCUT2D eigenvalue weighted by Crippen LogP contribution is 2.15. The number of nitrogens with two attached hydrogens (primary N) is 1. The molecule has 1 heterocycles. The van der Waals surface area contributed by atoms with Gasteiger partial charge in [-0.25, -0.2) is 4.98 Å². The fourth-order valence-electron chi connectivity index (χ4n) is 0.979. The lowest BCUT2D eigenvalue weighted by molar-refractivity contribution is -0.127. The summed E-state index contributed by atoms with van der Waals surface area (Å²) in [5, 5.41) is 2.58. The number of nitrogens with zero attached hydrogens (tertiary/aromatic N) is 1. The minimum absolute atomic E-state index is 0.128. The lowest BCUT2D eigenvalue weighted by Gasteiger charge is -2.03. The number of amides is 2. The van der Waals surface area contributed by atoms with Crippen molar-refractivity contribution in [2.45, 2.75) is 26.3 Å². The minimum atomic E-state index is -0.317. The summed E-state index contributed by atoms with van der Waals surface area (Å²) in [5.74, 6) is -0.625. The molecule has 0 fully saturated rings. The maximum absolute atomic E-state index is 11.3. The molecule has 0 aromatic carbocycles. The molecule has 0 bridgehead atoms. The van der Waals surface area contributed by atoms with E-state index < -0.39 is 0 Å². The number of hydrogen-bond acceptors (Lipinski definition) is 5. The van der Waals surface area contributed by atoms with Gasteiger partial charge in [0.05, 0.1) is 18.2 Å². The van der Waals surface area contributed by atoms with Crippen LogP contribution in [0.25, 0.3) is 0 Å². The van der Waals surface area contributed by atoms with E-state index in [1.54, 1.807) is 5.38 Å². The molecule has 0 aliphatic heterocycles. The summed E-state index contributed by atoms with van der Waals surface area (Å²) in [6.45, 7) is 3.15. The number of hydrogen-bond donors (Lipinski definition) is 3. The molecule has 2 amide bonds. The Hall–Kier alpha value is -1.47. The van der Waals surface area contributed by atoms with Crippen LogP contribution in [0.5, 0.6) is 0 Å². The number of aromatic nitrogens is 1. The maximum atomic E-state index is 11.3. The molecule has 1 unspecified atom stereocenters. The van der Waals surface area contributed by atoms with Gasteiger partial charge in [0, 0.05) is 12.3 Å². The average Bonchev–Trinajstić information content (AvgIpc) is 2.63. The second-order valence-corrected chi connectivity index (χ2v) is 4.26. The quantitative estimate of drug-likeness (QED) is 0.643. The van der Waals surface area contributed by atoms with Gasteiger partial charge in [0.1, 0.15) is 5.01 Å². The number of hydrazine groups is 1. The molecule has 88 valence electrons. The topological polar surface area (TPSA) is 97.1 Å². The van der Waals surface area contributed by atoms with Gasteiger partial charge in [-0.15, -0.1) is 11.3 Å². The highest BCUT2D eigenvalue weighted by Gasteiger charge is 2.09. The van der Waals surface area contributed by atoms with Crippen LogP contribution in [-0.2, 0) is 16.0 Å². The Labute approximate surface area is 97.2 Å². The molecule has 0 aliphatic rings. The van der Waals surface area contributed by atoms with Gasteiger partial charge in [0.2, 0.25) is 11.8 Å². The zero-order valence-electron chi connectivity index (χ0n) is 9.11. The fraction of sp³-hybridized carbons (Fsp3) is 0.444. The summed E-state index contributed by atoms with van der Waals surface area (Å²) in [4.78, 5) is 26.0. The van der Waals surface area contributed by atoms with Crippen molar-refractivity contribution in [3.05, 3.63) is 16.1 Å². The Morgan fingerprint density at radius 3 is 2.75 bits per heavy atom. The van der Waals surface area contributed by atoms with E-state index in [1.807, 2.05) is 6.92 Å². The lowest BCUT2D eigenvalue weighted by Crippen LogP contribution is -2.41. The van der Waals surface area contributed by atoms with E-state index in [2.05, 4.69) is 15.8 Å². The molecular weight excluding hydrogens is 228 g/mol. The second kappa shape index (κ2) is 5.57. The molecular formula is C9H14N4O2S. The van der Waals surface area contributed by atoms with Gasteiger partial charge in [0.15, 0.2) is 0 Å². The van der Waals surface area contributed by atoms with Gasteiger partial charge in [-0.1, -0.05) is 0 Å². The minimum Gasteiger partial charge on any atom is -0.322 e. The molecule has 7 heteroatoms. The first-order chi connectivity index (χ1) is 7.49. The van der Waals surface area contributed by atoms with Crippen molar-refractivity contribution in [1.29, 1.82) is 0 Å². The Morgan fingerprint density at radius 2 is 2.25 bits per heavy atom. The summed E-state index contributed by atoms with van der Waals surface area (Å²) in [5.41, 5.74) is 10.8. The van der Waals surface area contributed by atoms with E-state index in [9.17, 15) is 9.59 Å². The number of carbonyl (C=O) groups is 2. The Balaban J connectivity index is 2.46. The van der Waals surface area contributed by atoms with E-state index in [0.717, 1.165) is 5.01 Å². The third kappa shape index (κ3) is 3.95. The third-order valence-electron chi connectivity index (χ3n) is 1.68. The van der Waals surface area contributed by atoms with Gasteiger partial charge in [-0.2, -0.15) is 0 Å². The highest BCUT2D eigenvalue weighted by atomic mass is 32.1. The molecule has 16 heavy (non-hydrogen) atoms. The molecule has 0 saturated carbocycles. The standard InChI is InChI=1S/C9H14N4O2S/c1-5(10)9-11-7(4-16-9)3-8(15)13-12-6(2)14/h4-5H,3,10H2,1-2H3,(H,12,14)(H,13,15). The molecule has 0 saturated heterocycles. The van der Waals surface area contributed by atoms with Crippen LogP contribution < -0.4 is 16.6 Å². The summed E-state index contributed by atoms with van der Waals surface area (Å²) < 4.78 is 0. The largest absolute Gasteiger partial charge is 0.322 e. The van der Waals surface area contributed by atoms with E-state index in [0.29, 0.717) is 5.69 Å². The first-order valence-electron chi connectivity index (χ1n) is 4.74. The SMILES string of the molecule is CC(=O)NNC(=O)Cc1csc(C(C)N)n1. The van der Waals surface area contributed by atoms with Crippen molar-refractivity contribution in [2.75, 3.05) is 0 Å². The zero-order chi connectivity index (χ0) is 12.1. The van der Waals surface area contributed by atoms with E-state index >= 15 is 0 Å². The summed E-state index contributed by atoms with van der Waals surface area (Å²) in [6.07, 6.45) is 0.128. The number of rotatable bonds is 3. The van der Waals surface area contributed by atoms with Crippen molar-refractivity contribution in [2.24, 2.45) is 5.73 Å². The molecule has 1 aromatic rings. The predicted molar refractivity (Wildman–Crippen MR) is 60.4 cm³/mol. The van der Waals surface area contributed by atoms with Crippen molar-refractivity contribution >= 4 is 23.2 Å². The molecule has 0 spiro atoms. The molecule has 1 rings (SSSR count). The number of thiazole rings is 1. The normalized spacial score (nSPS) is 11.9. The van der Waals surface area contributed by atoms with Crippen LogP contribution in [0.3, 0.4) is 0 Å². The smallest absolute Gasteiger partial charge is 0.244 e.